The fourth-order valence-electron chi connectivity index (χ4n) is 2.05. The van der Waals surface area contributed by atoms with Crippen LogP contribution in [0, 0.1) is 6.92 Å². The van der Waals surface area contributed by atoms with Crippen LogP contribution in [0.5, 0.6) is 0 Å². The van der Waals surface area contributed by atoms with E-state index in [1.165, 1.54) is 0 Å². The molecule has 134 valence electrons. The van der Waals surface area contributed by atoms with E-state index in [0.29, 0.717) is 11.4 Å². The van der Waals surface area contributed by atoms with Crippen LogP contribution in [0.3, 0.4) is 0 Å². The molecule has 0 fully saturated rings. The molecule has 2 heterocycles. The van der Waals surface area contributed by atoms with Gasteiger partial charge < -0.3 is 15.4 Å². The summed E-state index contributed by atoms with van der Waals surface area (Å²) in [7, 11) is 0. The highest BCUT2D eigenvalue weighted by atomic mass is 16.6. The van der Waals surface area contributed by atoms with E-state index in [9.17, 15) is 9.59 Å². The van der Waals surface area contributed by atoms with Gasteiger partial charge in [0.15, 0.2) is 0 Å². The minimum Gasteiger partial charge on any atom is -0.444 e. The van der Waals surface area contributed by atoms with Gasteiger partial charge in [-0.3, -0.25) is 9.48 Å². The maximum Gasteiger partial charge on any atom is 0.407 e. The quantitative estimate of drug-likeness (QED) is 0.866. The van der Waals surface area contributed by atoms with Crippen molar-refractivity contribution in [3.05, 3.63) is 41.9 Å². The molecule has 2 aromatic heterocycles. The number of carbonyl (C=O) groups is 2. The van der Waals surface area contributed by atoms with E-state index in [-0.39, 0.29) is 19.0 Å². The van der Waals surface area contributed by atoms with E-state index in [0.717, 1.165) is 5.56 Å². The van der Waals surface area contributed by atoms with Crippen molar-refractivity contribution in [1.29, 1.82) is 0 Å². The fraction of sp³-hybridized carbons (Fsp3) is 0.412. The predicted molar refractivity (Wildman–Crippen MR) is 92.9 cm³/mol. The lowest BCUT2D eigenvalue weighted by atomic mass is 10.2. The van der Waals surface area contributed by atoms with Crippen LogP contribution in [-0.2, 0) is 22.6 Å². The van der Waals surface area contributed by atoms with Gasteiger partial charge in [0.25, 0.3) is 0 Å². The van der Waals surface area contributed by atoms with Gasteiger partial charge in [0.05, 0.1) is 6.20 Å². The number of carbonyl (C=O) groups excluding carboxylic acids is 2. The SMILES string of the molecule is Cc1cnn(CC(=O)Nc2ncccc2CNC(=O)OC(C)(C)C)c1. The molecule has 0 saturated carbocycles. The Morgan fingerprint density at radius 2 is 2.08 bits per heavy atom. The molecule has 0 spiro atoms. The van der Waals surface area contributed by atoms with E-state index in [4.69, 9.17) is 4.74 Å². The van der Waals surface area contributed by atoms with Gasteiger partial charge in [0.2, 0.25) is 5.91 Å². The van der Waals surface area contributed by atoms with Crippen LogP contribution in [0.2, 0.25) is 0 Å². The van der Waals surface area contributed by atoms with Crippen LogP contribution in [-0.4, -0.2) is 32.4 Å². The summed E-state index contributed by atoms with van der Waals surface area (Å²) in [5, 5.41) is 9.46. The number of alkyl carbamates (subject to hydrolysis) is 1. The molecular weight excluding hydrogens is 322 g/mol. The van der Waals surface area contributed by atoms with Gasteiger partial charge in [-0.2, -0.15) is 5.10 Å². The molecule has 0 unspecified atom stereocenters. The average molecular weight is 345 g/mol. The largest absolute Gasteiger partial charge is 0.444 e. The Kier molecular flexibility index (Phi) is 5.74. The maximum atomic E-state index is 12.1. The van der Waals surface area contributed by atoms with Crippen LogP contribution in [0.25, 0.3) is 0 Å². The highest BCUT2D eigenvalue weighted by Crippen LogP contribution is 2.12. The second kappa shape index (κ2) is 7.78. The van der Waals surface area contributed by atoms with Crippen molar-refractivity contribution in [3.8, 4) is 0 Å². The van der Waals surface area contributed by atoms with Crippen molar-refractivity contribution in [1.82, 2.24) is 20.1 Å². The van der Waals surface area contributed by atoms with Gasteiger partial charge in [-0.05, 0) is 39.3 Å². The van der Waals surface area contributed by atoms with Crippen molar-refractivity contribution < 1.29 is 14.3 Å². The Balaban J connectivity index is 1.95. The summed E-state index contributed by atoms with van der Waals surface area (Å²) >= 11 is 0. The Bertz CT molecular complexity index is 749. The highest BCUT2D eigenvalue weighted by molar-refractivity contribution is 5.90. The summed E-state index contributed by atoms with van der Waals surface area (Å²) in [6, 6.07) is 3.51. The Labute approximate surface area is 146 Å². The standard InChI is InChI=1S/C17H23N5O3/c1-12-8-20-22(10-12)11-14(23)21-15-13(6-5-7-18-15)9-19-16(24)25-17(2,3)4/h5-8,10H,9,11H2,1-4H3,(H,19,24)(H,18,21,23). The van der Waals surface area contributed by atoms with E-state index in [1.54, 1.807) is 56.2 Å². The molecule has 25 heavy (non-hydrogen) atoms. The first-order chi connectivity index (χ1) is 11.7. The lowest BCUT2D eigenvalue weighted by Gasteiger charge is -2.20. The van der Waals surface area contributed by atoms with Crippen LogP contribution in [0.15, 0.2) is 30.7 Å². The molecule has 0 aliphatic rings. The zero-order valence-corrected chi connectivity index (χ0v) is 14.9. The molecule has 0 aliphatic heterocycles. The second-order valence-corrected chi connectivity index (χ2v) is 6.63. The molecule has 0 atom stereocenters. The van der Waals surface area contributed by atoms with Crippen LogP contribution in [0.1, 0.15) is 31.9 Å². The highest BCUT2D eigenvalue weighted by Gasteiger charge is 2.16. The average Bonchev–Trinajstić information content (AvgIpc) is 2.89. The Hall–Kier alpha value is -2.90. The number of amides is 2. The zero-order chi connectivity index (χ0) is 18.4. The molecule has 0 aliphatic carbocycles. The van der Waals surface area contributed by atoms with E-state index >= 15 is 0 Å². The summed E-state index contributed by atoms with van der Waals surface area (Å²) in [6.45, 7) is 7.56. The maximum absolute atomic E-state index is 12.1. The first-order valence-corrected chi connectivity index (χ1v) is 7.92. The van der Waals surface area contributed by atoms with Crippen LogP contribution >= 0.6 is 0 Å². The monoisotopic (exact) mass is 345 g/mol. The number of nitrogens with one attached hydrogen (secondary N) is 2. The number of hydrogen-bond donors (Lipinski definition) is 2. The van der Waals surface area contributed by atoms with Crippen LogP contribution in [0.4, 0.5) is 10.6 Å². The fourth-order valence-corrected chi connectivity index (χ4v) is 2.05. The smallest absolute Gasteiger partial charge is 0.407 e. The van der Waals surface area contributed by atoms with Gasteiger partial charge >= 0.3 is 6.09 Å². The molecule has 0 saturated heterocycles. The molecule has 0 aromatic carbocycles. The predicted octanol–water partition coefficient (Wildman–Crippen LogP) is 2.25. The van der Waals surface area contributed by atoms with Gasteiger partial charge in [0.1, 0.15) is 18.0 Å². The van der Waals surface area contributed by atoms with Gasteiger partial charge in [-0.1, -0.05) is 6.07 Å². The number of hydrogen-bond acceptors (Lipinski definition) is 5. The molecule has 8 nitrogen and oxygen atoms in total. The topological polar surface area (TPSA) is 98.1 Å². The molecule has 2 rings (SSSR count). The third-order valence-corrected chi connectivity index (χ3v) is 3.04. The molecule has 0 radical (unpaired) electrons. The number of nitrogens with zero attached hydrogens (tertiary/aromatic N) is 3. The van der Waals surface area contributed by atoms with Crippen molar-refractivity contribution in [3.63, 3.8) is 0 Å². The van der Waals surface area contributed by atoms with Crippen LogP contribution < -0.4 is 10.6 Å². The molecule has 2 amide bonds. The minimum atomic E-state index is -0.571. The van der Waals surface area contributed by atoms with E-state index in [1.807, 2.05) is 6.92 Å². The minimum absolute atomic E-state index is 0.0867. The summed E-state index contributed by atoms with van der Waals surface area (Å²) in [5.74, 6) is 0.146. The molecular formula is C17H23N5O3. The number of ether oxygens (including phenoxy) is 1. The summed E-state index contributed by atoms with van der Waals surface area (Å²) in [6.07, 6.45) is 4.51. The Morgan fingerprint density at radius 1 is 1.32 bits per heavy atom. The molecule has 0 bridgehead atoms. The van der Waals surface area contributed by atoms with E-state index < -0.39 is 11.7 Å². The zero-order valence-electron chi connectivity index (χ0n) is 14.9. The first-order valence-electron chi connectivity index (χ1n) is 7.92. The lowest BCUT2D eigenvalue weighted by Crippen LogP contribution is -2.32. The number of aromatic nitrogens is 3. The van der Waals surface area contributed by atoms with Gasteiger partial charge in [0, 0.05) is 24.5 Å². The normalized spacial score (nSPS) is 11.0. The first kappa shape index (κ1) is 18.4. The third-order valence-electron chi connectivity index (χ3n) is 3.04. The molecule has 2 aromatic rings. The molecule has 8 heteroatoms. The molecule has 2 N–H and O–H groups in total. The second-order valence-electron chi connectivity index (χ2n) is 6.63. The number of anilines is 1. The van der Waals surface area contributed by atoms with Crippen molar-refractivity contribution in [2.75, 3.05) is 5.32 Å². The number of rotatable bonds is 5. The van der Waals surface area contributed by atoms with Crippen molar-refractivity contribution in [2.24, 2.45) is 0 Å². The van der Waals surface area contributed by atoms with Crippen molar-refractivity contribution >= 4 is 17.8 Å². The van der Waals surface area contributed by atoms with Crippen molar-refractivity contribution in [2.45, 2.75) is 46.4 Å². The summed E-state index contributed by atoms with van der Waals surface area (Å²) < 4.78 is 6.74. The Morgan fingerprint density at radius 3 is 2.72 bits per heavy atom. The summed E-state index contributed by atoms with van der Waals surface area (Å²) in [5.41, 5.74) is 1.09. The summed E-state index contributed by atoms with van der Waals surface area (Å²) in [4.78, 5) is 28.1. The number of aryl methyl sites for hydroxylation is 1. The third kappa shape index (κ3) is 6.25. The van der Waals surface area contributed by atoms with E-state index in [2.05, 4.69) is 20.7 Å². The number of pyridine rings is 1. The van der Waals surface area contributed by atoms with Gasteiger partial charge in [-0.15, -0.1) is 0 Å². The lowest BCUT2D eigenvalue weighted by molar-refractivity contribution is -0.116. The van der Waals surface area contributed by atoms with Gasteiger partial charge in [-0.25, -0.2) is 9.78 Å².